The number of halogens is 1. The van der Waals surface area contributed by atoms with E-state index in [0.29, 0.717) is 18.1 Å². The average molecular weight is 319 g/mol. The summed E-state index contributed by atoms with van der Waals surface area (Å²) in [4.78, 5) is 14.5. The van der Waals surface area contributed by atoms with Crippen molar-refractivity contribution in [2.24, 2.45) is 0 Å². The number of carbonyl (C=O) groups excluding carboxylic acids is 1. The second kappa shape index (κ2) is 6.50. The number of nitrogens with zero attached hydrogens (tertiary/aromatic N) is 3. The van der Waals surface area contributed by atoms with E-state index in [-0.39, 0.29) is 11.9 Å². The lowest BCUT2D eigenvalue weighted by Gasteiger charge is -2.35. The fourth-order valence-electron chi connectivity index (χ4n) is 2.81. The fourth-order valence-corrected chi connectivity index (χ4v) is 3.05. The van der Waals surface area contributed by atoms with Gasteiger partial charge in [-0.3, -0.25) is 14.4 Å². The molecule has 1 amide bonds. The predicted molar refractivity (Wildman–Crippen MR) is 85.5 cm³/mol. The van der Waals surface area contributed by atoms with Crippen molar-refractivity contribution in [2.45, 2.75) is 26.1 Å². The molecule has 3 rings (SSSR count). The van der Waals surface area contributed by atoms with E-state index in [1.165, 1.54) is 0 Å². The summed E-state index contributed by atoms with van der Waals surface area (Å²) in [5, 5.41) is 7.85. The SMILES string of the molecule is CCn1cc(CN2CCNC(=O)C2c2ccccc2Cl)cn1. The van der Waals surface area contributed by atoms with Gasteiger partial charge in [0.15, 0.2) is 0 Å². The van der Waals surface area contributed by atoms with Crippen LogP contribution in [0.3, 0.4) is 0 Å². The van der Waals surface area contributed by atoms with Gasteiger partial charge in [0.05, 0.1) is 6.20 Å². The zero-order valence-corrected chi connectivity index (χ0v) is 13.3. The summed E-state index contributed by atoms with van der Waals surface area (Å²) in [6.45, 7) is 5.02. The summed E-state index contributed by atoms with van der Waals surface area (Å²) in [6, 6.07) is 7.18. The molecule has 1 aliphatic heterocycles. The first kappa shape index (κ1) is 15.1. The number of amides is 1. The average Bonchev–Trinajstić information content (AvgIpc) is 2.96. The summed E-state index contributed by atoms with van der Waals surface area (Å²) in [5.41, 5.74) is 1.96. The molecular weight excluding hydrogens is 300 g/mol. The molecule has 22 heavy (non-hydrogen) atoms. The van der Waals surface area contributed by atoms with Crippen LogP contribution in [0.4, 0.5) is 0 Å². The maximum absolute atomic E-state index is 12.4. The van der Waals surface area contributed by atoms with E-state index in [1.54, 1.807) is 0 Å². The van der Waals surface area contributed by atoms with Gasteiger partial charge in [0, 0.05) is 43.0 Å². The Hall–Kier alpha value is -1.85. The smallest absolute Gasteiger partial charge is 0.242 e. The van der Waals surface area contributed by atoms with E-state index in [9.17, 15) is 4.79 Å². The number of hydrogen-bond acceptors (Lipinski definition) is 3. The van der Waals surface area contributed by atoms with Crippen LogP contribution in [0, 0.1) is 0 Å². The van der Waals surface area contributed by atoms with E-state index in [1.807, 2.05) is 41.3 Å². The molecule has 6 heteroatoms. The third kappa shape index (κ3) is 3.00. The summed E-state index contributed by atoms with van der Waals surface area (Å²) in [5.74, 6) is 0.00207. The summed E-state index contributed by atoms with van der Waals surface area (Å²) in [6.07, 6.45) is 3.88. The lowest BCUT2D eigenvalue weighted by molar-refractivity contribution is -0.129. The number of aryl methyl sites for hydroxylation is 1. The minimum atomic E-state index is -0.354. The van der Waals surface area contributed by atoms with Gasteiger partial charge >= 0.3 is 0 Å². The molecule has 2 aromatic rings. The predicted octanol–water partition coefficient (Wildman–Crippen LogP) is 2.23. The number of carbonyl (C=O) groups is 1. The van der Waals surface area contributed by atoms with Crippen LogP contribution in [0.15, 0.2) is 36.7 Å². The Labute approximate surface area is 134 Å². The highest BCUT2D eigenvalue weighted by Crippen LogP contribution is 2.30. The lowest BCUT2D eigenvalue weighted by atomic mass is 10.0. The molecule has 0 bridgehead atoms. The first-order valence-electron chi connectivity index (χ1n) is 7.46. The Bertz CT molecular complexity index is 670. The number of benzene rings is 1. The molecule has 0 radical (unpaired) electrons. The van der Waals surface area contributed by atoms with Crippen molar-refractivity contribution in [2.75, 3.05) is 13.1 Å². The number of hydrogen-bond donors (Lipinski definition) is 1. The summed E-state index contributed by atoms with van der Waals surface area (Å²) >= 11 is 6.29. The number of aromatic nitrogens is 2. The van der Waals surface area contributed by atoms with Crippen LogP contribution in [0.25, 0.3) is 0 Å². The zero-order chi connectivity index (χ0) is 15.5. The molecule has 1 unspecified atom stereocenters. The zero-order valence-electron chi connectivity index (χ0n) is 12.5. The second-order valence-corrected chi connectivity index (χ2v) is 5.80. The highest BCUT2D eigenvalue weighted by Gasteiger charge is 2.32. The third-order valence-corrected chi connectivity index (χ3v) is 4.25. The Balaban J connectivity index is 1.87. The van der Waals surface area contributed by atoms with Gasteiger partial charge in [-0.25, -0.2) is 0 Å². The van der Waals surface area contributed by atoms with Gasteiger partial charge in [0.2, 0.25) is 5.91 Å². The van der Waals surface area contributed by atoms with Crippen molar-refractivity contribution in [3.05, 3.63) is 52.8 Å². The first-order chi connectivity index (χ1) is 10.7. The van der Waals surface area contributed by atoms with Gasteiger partial charge in [-0.15, -0.1) is 0 Å². The van der Waals surface area contributed by atoms with Crippen LogP contribution in [0.1, 0.15) is 24.1 Å². The monoisotopic (exact) mass is 318 g/mol. The maximum atomic E-state index is 12.4. The number of nitrogens with one attached hydrogen (secondary N) is 1. The van der Waals surface area contributed by atoms with Crippen molar-refractivity contribution >= 4 is 17.5 Å². The Morgan fingerprint density at radius 2 is 2.23 bits per heavy atom. The van der Waals surface area contributed by atoms with Crippen LogP contribution in [0.2, 0.25) is 5.02 Å². The van der Waals surface area contributed by atoms with E-state index >= 15 is 0 Å². The minimum Gasteiger partial charge on any atom is -0.353 e. The molecular formula is C16H19ClN4O. The molecule has 1 atom stereocenters. The fraction of sp³-hybridized carbons (Fsp3) is 0.375. The quantitative estimate of drug-likeness (QED) is 0.940. The van der Waals surface area contributed by atoms with Crippen LogP contribution < -0.4 is 5.32 Å². The molecule has 1 saturated heterocycles. The van der Waals surface area contributed by atoms with E-state index in [4.69, 9.17) is 11.6 Å². The van der Waals surface area contributed by atoms with Gasteiger partial charge in [0.25, 0.3) is 0 Å². The Kier molecular flexibility index (Phi) is 4.45. The van der Waals surface area contributed by atoms with Crippen LogP contribution in [-0.2, 0) is 17.9 Å². The van der Waals surface area contributed by atoms with Crippen LogP contribution in [-0.4, -0.2) is 33.7 Å². The summed E-state index contributed by atoms with van der Waals surface area (Å²) in [7, 11) is 0. The Morgan fingerprint density at radius 1 is 1.41 bits per heavy atom. The van der Waals surface area contributed by atoms with Crippen molar-refractivity contribution in [3.8, 4) is 0 Å². The maximum Gasteiger partial charge on any atom is 0.242 e. The van der Waals surface area contributed by atoms with Crippen LogP contribution in [0.5, 0.6) is 0 Å². The van der Waals surface area contributed by atoms with Crippen molar-refractivity contribution in [1.82, 2.24) is 20.0 Å². The Morgan fingerprint density at radius 3 is 2.95 bits per heavy atom. The second-order valence-electron chi connectivity index (χ2n) is 5.39. The molecule has 1 aromatic heterocycles. The van der Waals surface area contributed by atoms with E-state index in [0.717, 1.165) is 24.2 Å². The van der Waals surface area contributed by atoms with Crippen molar-refractivity contribution in [1.29, 1.82) is 0 Å². The molecule has 0 spiro atoms. The minimum absolute atomic E-state index is 0.00207. The normalized spacial score (nSPS) is 19.2. The number of piperazine rings is 1. The standard InChI is InChI=1S/C16H19ClN4O/c1-2-21-11-12(9-19-21)10-20-8-7-18-16(22)15(20)13-5-3-4-6-14(13)17/h3-6,9,11,15H,2,7-8,10H2,1H3,(H,18,22). The molecule has 1 aromatic carbocycles. The molecule has 1 fully saturated rings. The molecule has 116 valence electrons. The third-order valence-electron chi connectivity index (χ3n) is 3.91. The molecule has 0 saturated carbocycles. The van der Waals surface area contributed by atoms with Crippen LogP contribution >= 0.6 is 11.6 Å². The molecule has 1 aliphatic rings. The van der Waals surface area contributed by atoms with Crippen molar-refractivity contribution in [3.63, 3.8) is 0 Å². The largest absolute Gasteiger partial charge is 0.353 e. The summed E-state index contributed by atoms with van der Waals surface area (Å²) < 4.78 is 1.89. The van der Waals surface area contributed by atoms with Gasteiger partial charge in [-0.1, -0.05) is 29.8 Å². The van der Waals surface area contributed by atoms with Gasteiger partial charge in [-0.2, -0.15) is 5.10 Å². The van der Waals surface area contributed by atoms with Gasteiger partial charge < -0.3 is 5.32 Å². The van der Waals surface area contributed by atoms with Crippen molar-refractivity contribution < 1.29 is 4.79 Å². The van der Waals surface area contributed by atoms with Gasteiger partial charge in [0.1, 0.15) is 6.04 Å². The number of rotatable bonds is 4. The van der Waals surface area contributed by atoms with E-state index < -0.39 is 0 Å². The molecule has 2 heterocycles. The first-order valence-corrected chi connectivity index (χ1v) is 7.84. The van der Waals surface area contributed by atoms with Gasteiger partial charge in [-0.05, 0) is 18.6 Å². The highest BCUT2D eigenvalue weighted by molar-refractivity contribution is 6.31. The highest BCUT2D eigenvalue weighted by atomic mass is 35.5. The molecule has 1 N–H and O–H groups in total. The van der Waals surface area contributed by atoms with E-state index in [2.05, 4.69) is 22.2 Å². The lowest BCUT2D eigenvalue weighted by Crippen LogP contribution is -2.49. The topological polar surface area (TPSA) is 50.2 Å². The molecule has 0 aliphatic carbocycles. The molecule has 5 nitrogen and oxygen atoms in total.